The molecule has 84 atom stereocenters. The smallest absolute Gasteiger partial charge is 0.0000249 e. The van der Waals surface area contributed by atoms with Crippen LogP contribution in [0, 0.1) is 471 Å². The van der Waals surface area contributed by atoms with Crippen molar-refractivity contribution in [1.82, 2.24) is 0 Å². The molecule has 69 aliphatic carbocycles. The zero-order valence-electron chi connectivity index (χ0n) is 47.3. The van der Waals surface area contributed by atoms with Crippen LogP contribution in [0.5, 0.6) is 0 Å². The first-order chi connectivity index (χ1) is 43.8. The third-order valence-corrected chi connectivity index (χ3v) is 82.0. The van der Waals surface area contributed by atoms with Crippen LogP contribution in [-0.2, 0) is 0 Å². The van der Waals surface area contributed by atoms with E-state index in [2.05, 4.69) is 0 Å². The zero-order valence-corrected chi connectivity index (χ0v) is 47.3. The Bertz CT molecular complexity index is 7160. The Morgan fingerprint density at radius 1 is 0.148 bits per heavy atom. The molecule has 69 saturated carbocycles. The molecule has 69 rings (SSSR count). The molecule has 392 valence electrons. The molecule has 0 heteroatoms. The van der Waals surface area contributed by atoms with Crippen molar-refractivity contribution in [3.05, 3.63) is 54.1 Å². The van der Waals surface area contributed by atoms with Gasteiger partial charge in [-0.3, -0.25) is 0 Å². The second kappa shape index (κ2) is 3.79. The lowest BCUT2D eigenvalue weighted by Gasteiger charge is -3.79. The summed E-state index contributed by atoms with van der Waals surface area (Å²) in [7, 11) is 0. The van der Waals surface area contributed by atoms with Gasteiger partial charge in [-0.05, 0) is 497 Å². The van der Waals surface area contributed by atoms with Crippen LogP contribution in [0.15, 0.2) is 0 Å². The number of rotatable bonds is 0. The molecule has 69 fully saturated rings. The summed E-state index contributed by atoms with van der Waals surface area (Å²) >= 11 is 0. The van der Waals surface area contributed by atoms with E-state index in [4.69, 9.17) is 0 Å². The van der Waals surface area contributed by atoms with Crippen LogP contribution in [0.2, 0.25) is 0 Å². The van der Waals surface area contributed by atoms with Crippen molar-refractivity contribution in [1.29, 1.82) is 0 Å². The van der Waals surface area contributed by atoms with Gasteiger partial charge >= 0.3 is 0 Å². The van der Waals surface area contributed by atoms with Gasteiger partial charge in [0.25, 0.3) is 0 Å². The van der Waals surface area contributed by atoms with Crippen LogP contribution in [0.25, 0.3) is 0 Å². The first-order valence-corrected chi connectivity index (χ1v) is 43.8. The lowest BCUT2D eigenvalue weighted by atomic mass is 8.22. The summed E-state index contributed by atoms with van der Waals surface area (Å²) in [4.78, 5) is 0. The summed E-state index contributed by atoms with van der Waals surface area (Å²) in [5.74, 6) is 46.2. The Balaban J connectivity index is 0.643. The average Bonchev–Trinajstić information content (AvgIpc) is 0.419. The summed E-state index contributed by atoms with van der Waals surface area (Å²) in [5.41, 5.74) is 59.8. The lowest BCUT2D eigenvalue weighted by molar-refractivity contribution is -1.21. The first kappa shape index (κ1) is 27.4. The van der Waals surface area contributed by atoms with Gasteiger partial charge in [0.1, 0.15) is 0 Å². The molecular weight excluding hydrogens is 1060 g/mol. The molecule has 52 spiro atoms. The first-order valence-electron chi connectivity index (χ1n) is 43.8. The number of fused-ring (bicyclic) bond motifs is 25. The van der Waals surface area contributed by atoms with Crippen LogP contribution in [0.1, 0.15) is 25.7 Å². The normalized spacial score (nSPS) is 154. The molecule has 69 aliphatic rings. The Labute approximate surface area is 493 Å². The van der Waals surface area contributed by atoms with E-state index in [1.807, 2.05) is 25.7 Å². The highest BCUT2D eigenvalue weighted by atomic mass is 15.9. The Morgan fingerprint density at radius 2 is 0.432 bits per heavy atom. The Kier molecular flexibility index (Phi) is 1.18. The third kappa shape index (κ3) is 0.503. The number of hydrogen-bond donors (Lipinski definition) is 0. The molecule has 0 amide bonds. The van der Waals surface area contributed by atoms with E-state index in [9.17, 15) is 0 Å². The highest BCUT2D eigenvalue weighted by Crippen LogP contribution is 3.88. The largest absolute Gasteiger partial charge is 0.0461 e. The van der Waals surface area contributed by atoms with Crippen molar-refractivity contribution in [3.8, 4) is 0 Å². The molecular formula is C88H40. The minimum Gasteiger partial charge on any atom is -0.0461 e. The monoisotopic (exact) mass is 1100 g/mol. The topological polar surface area (TPSA) is 0 Å². The van der Waals surface area contributed by atoms with Gasteiger partial charge in [0.05, 0.1) is 0 Å². The average molecular weight is 1100 g/mol. The van der Waals surface area contributed by atoms with Crippen LogP contribution in [-0.4, -0.2) is 0 Å². The Morgan fingerprint density at radius 3 is 0.898 bits per heavy atom. The van der Waals surface area contributed by atoms with E-state index in [1.54, 1.807) is 0 Å². The van der Waals surface area contributed by atoms with Crippen molar-refractivity contribution in [2.75, 3.05) is 0 Å². The van der Waals surface area contributed by atoms with E-state index in [1.165, 1.54) is 287 Å². The standard InChI is InChI=1S/C88H40/c1-5-13-20-25-29-33-31-27-23-18-11-3-9-16-21-17-10-4-12-19-24-28-32-34-30-26-22-15-8-2-7-6(1)38-35-14(5)41(13)47(20)52(25)56(29)60(33)58(31)54(27)50(23)45(18)39(9,11)43(16)49(21)44(17)40(10,12)46(19)51(24)55(28)59(32)61(34)57(30)53(26)48(22)42(15)37(7,8)36(38)63(42)64(38)62(35,41)67(47)72(52)76(56)80(60)78(58)74(54)70(50)65(43,45)69(49)66(44,46)71(51)75(55)79(59)81(61)77(57)73(53)68(48,63)82(64,67)84(72,73)86(76,77)88(80,81)87(78,79)85(74,75)83(69,70)71/h5-36H,1-4H2. The summed E-state index contributed by atoms with van der Waals surface area (Å²) < 4.78 is 0. The minimum absolute atomic E-state index is 1.08. The molecule has 84 unspecified atom stereocenters. The molecule has 0 radical (unpaired) electrons. The SMILES string of the molecule is C1C2C3CC4C5C6C7C8C9C%10C%11C%12C%13C%14CC%15C%16C%17C%18C%19CC%20C%21C%22C%23C%24C%25C%26C%27C%28C%29C1C21C2C3%30C3C4C54C65C76C87C98C%109C%11%10C%12%11C%13%12C%15%14C%16%13C%17%14C%18%15C%19%20C%21%16C%22%17C%23%18C%24%19C%25%20C%26%21C%27%22C%28%23C%291C21C%302C34C53C64C75C86C97C%108C%119C%13%12C%14%10C%15%16C%17%11C%18%12C%19%13C%20%14C%21%15C%22%16C%231C23C4%16C5%15C6%14C7%13C8%12C%109%11. The maximum absolute atomic E-state index is 1.99. The predicted octanol–water partition coefficient (Wildman–Crippen LogP) is 6.31. The van der Waals surface area contributed by atoms with Gasteiger partial charge in [-0.1, -0.05) is 0 Å². The van der Waals surface area contributed by atoms with E-state index in [0.29, 0.717) is 0 Å². The molecule has 0 aromatic heterocycles. The van der Waals surface area contributed by atoms with Crippen LogP contribution in [0.3, 0.4) is 0 Å². The highest BCUT2D eigenvalue weighted by molar-refractivity contribution is 6.62. The van der Waals surface area contributed by atoms with Gasteiger partial charge in [-0.25, -0.2) is 0 Å². The molecule has 0 bridgehead atoms. The van der Waals surface area contributed by atoms with E-state index in [0.717, 1.165) is 184 Å². The van der Waals surface area contributed by atoms with E-state index >= 15 is 0 Å². The third-order valence-electron chi connectivity index (χ3n) is 82.0. The van der Waals surface area contributed by atoms with Crippen molar-refractivity contribution in [2.24, 2.45) is 417 Å². The van der Waals surface area contributed by atoms with Gasteiger partial charge in [0.15, 0.2) is 0 Å². The van der Waals surface area contributed by atoms with Gasteiger partial charge in [-0.2, -0.15) is 0 Å². The predicted molar refractivity (Wildman–Crippen MR) is 265 cm³/mol. The van der Waals surface area contributed by atoms with Gasteiger partial charge < -0.3 is 0 Å². The highest BCUT2D eigenvalue weighted by Gasteiger charge is 3.85. The fourth-order valence-corrected chi connectivity index (χ4v) is 108. The second-order valence-corrected chi connectivity index (χ2v) is 59.3. The van der Waals surface area contributed by atoms with Crippen molar-refractivity contribution in [2.45, 2.75) is 25.7 Å². The van der Waals surface area contributed by atoms with Gasteiger partial charge in [0, 0.05) is 0 Å². The van der Waals surface area contributed by atoms with Crippen LogP contribution < -0.4 is 0 Å². The fourth-order valence-electron chi connectivity index (χ4n) is 108. The van der Waals surface area contributed by atoms with E-state index < -0.39 is 0 Å². The molecule has 88 heavy (non-hydrogen) atoms. The molecule has 0 aromatic carbocycles. The summed E-state index contributed by atoms with van der Waals surface area (Å²) in [5, 5.41) is 0. The van der Waals surface area contributed by atoms with Crippen molar-refractivity contribution in [3.63, 3.8) is 0 Å². The molecule has 0 aliphatic heterocycles. The summed E-state index contributed by atoms with van der Waals surface area (Å²) in [6.07, 6.45) is 7.75. The summed E-state index contributed by atoms with van der Waals surface area (Å²) in [6.45, 7) is 0. The van der Waals surface area contributed by atoms with Gasteiger partial charge in [0.2, 0.25) is 0 Å². The zero-order chi connectivity index (χ0) is 47.3. The second-order valence-electron chi connectivity index (χ2n) is 59.3. The quantitative estimate of drug-likeness (QED) is 0.267. The summed E-state index contributed by atoms with van der Waals surface area (Å²) in [6, 6.07) is 0. The Hall–Kier alpha value is 0. The maximum Gasteiger partial charge on any atom is -0.0000249 e. The van der Waals surface area contributed by atoms with E-state index in [-0.39, 0.29) is 0 Å². The molecule has 0 nitrogen and oxygen atoms in total. The molecule has 0 saturated heterocycles. The maximum atomic E-state index is 1.99. The molecule has 0 N–H and O–H groups in total. The van der Waals surface area contributed by atoms with Crippen molar-refractivity contribution >= 4 is 0 Å². The number of hydrogen-bond acceptors (Lipinski definition) is 0. The van der Waals surface area contributed by atoms with Crippen molar-refractivity contribution < 1.29 is 0 Å². The lowest BCUT2D eigenvalue weighted by Crippen LogP contribution is -3.77. The minimum atomic E-state index is 1.08. The van der Waals surface area contributed by atoms with Crippen LogP contribution >= 0.6 is 0 Å². The van der Waals surface area contributed by atoms with Gasteiger partial charge in [-0.15, -0.1) is 0 Å². The fraction of sp³-hybridized carbons (Fsp3) is 1.00. The molecule has 0 aromatic rings. The van der Waals surface area contributed by atoms with Crippen LogP contribution in [0.4, 0.5) is 0 Å². The molecule has 0 heterocycles.